The van der Waals surface area contributed by atoms with Crippen LogP contribution < -0.4 is 14.2 Å². The van der Waals surface area contributed by atoms with E-state index in [-0.39, 0.29) is 6.61 Å². The molecule has 6 nitrogen and oxygen atoms in total. The third-order valence-electron chi connectivity index (χ3n) is 2.92. The van der Waals surface area contributed by atoms with Gasteiger partial charge in [-0.1, -0.05) is 0 Å². The Morgan fingerprint density at radius 1 is 1.14 bits per heavy atom. The topological polar surface area (TPSA) is 66.9 Å². The lowest BCUT2D eigenvalue weighted by molar-refractivity contribution is 0.0475. The molecule has 0 aliphatic carbocycles. The molecule has 0 atom stereocenters. The second-order valence-electron chi connectivity index (χ2n) is 4.34. The van der Waals surface area contributed by atoms with Gasteiger partial charge in [-0.05, 0) is 19.1 Å². The van der Waals surface area contributed by atoms with Gasteiger partial charge in [-0.25, -0.2) is 9.78 Å². The van der Waals surface area contributed by atoms with Gasteiger partial charge in [0.05, 0.1) is 36.8 Å². The molecular formula is C15H17NO5S. The number of thiazole rings is 1. The Bertz CT molecular complexity index is 643. The van der Waals surface area contributed by atoms with Crippen molar-refractivity contribution in [3.05, 3.63) is 33.8 Å². The van der Waals surface area contributed by atoms with Gasteiger partial charge in [-0.3, -0.25) is 0 Å². The van der Waals surface area contributed by atoms with Crippen LogP contribution in [-0.4, -0.2) is 32.3 Å². The number of aryl methyl sites for hydroxylation is 1. The fourth-order valence-corrected chi connectivity index (χ4v) is 2.60. The van der Waals surface area contributed by atoms with Crippen molar-refractivity contribution in [2.24, 2.45) is 0 Å². The number of benzene rings is 1. The molecule has 0 fully saturated rings. The van der Waals surface area contributed by atoms with Crippen LogP contribution in [0.15, 0.2) is 18.3 Å². The van der Waals surface area contributed by atoms with Gasteiger partial charge >= 0.3 is 5.97 Å². The highest BCUT2D eigenvalue weighted by Gasteiger charge is 2.18. The van der Waals surface area contributed by atoms with Crippen molar-refractivity contribution in [2.75, 3.05) is 21.3 Å². The summed E-state index contributed by atoms with van der Waals surface area (Å²) in [5.74, 6) is 0.773. The molecule has 0 N–H and O–H groups in total. The normalized spacial score (nSPS) is 10.2. The van der Waals surface area contributed by atoms with Gasteiger partial charge in [-0.15, -0.1) is 11.3 Å². The van der Waals surface area contributed by atoms with Gasteiger partial charge in [-0.2, -0.15) is 0 Å². The molecule has 0 unspecified atom stereocenters. The zero-order chi connectivity index (χ0) is 16.1. The maximum absolute atomic E-state index is 12.2. The quantitative estimate of drug-likeness (QED) is 0.762. The second kappa shape index (κ2) is 7.13. The number of hydrogen-bond donors (Lipinski definition) is 0. The van der Waals surface area contributed by atoms with Gasteiger partial charge in [0.25, 0.3) is 0 Å². The van der Waals surface area contributed by atoms with Crippen LogP contribution >= 0.6 is 11.3 Å². The van der Waals surface area contributed by atoms with E-state index < -0.39 is 5.97 Å². The van der Waals surface area contributed by atoms with Crippen molar-refractivity contribution in [3.63, 3.8) is 0 Å². The number of carbonyl (C=O) groups is 1. The summed E-state index contributed by atoms with van der Waals surface area (Å²) in [5.41, 5.74) is 0.329. The summed E-state index contributed by atoms with van der Waals surface area (Å²) in [5, 5.41) is 0.929. The minimum absolute atomic E-state index is 0.182. The highest BCUT2D eigenvalue weighted by molar-refractivity contribution is 7.11. The van der Waals surface area contributed by atoms with Crippen molar-refractivity contribution in [3.8, 4) is 17.2 Å². The van der Waals surface area contributed by atoms with Gasteiger partial charge in [0, 0.05) is 6.20 Å². The molecule has 0 aliphatic rings. The molecule has 118 valence electrons. The van der Waals surface area contributed by atoms with Gasteiger partial charge < -0.3 is 18.9 Å². The number of rotatable bonds is 6. The maximum atomic E-state index is 12.2. The summed E-state index contributed by atoms with van der Waals surface area (Å²) < 4.78 is 20.9. The maximum Gasteiger partial charge on any atom is 0.338 e. The molecule has 2 rings (SSSR count). The first-order chi connectivity index (χ1) is 10.6. The van der Waals surface area contributed by atoms with Crippen molar-refractivity contribution < 1.29 is 23.7 Å². The van der Waals surface area contributed by atoms with E-state index in [4.69, 9.17) is 18.9 Å². The number of nitrogens with zero attached hydrogens (tertiary/aromatic N) is 1. The highest BCUT2D eigenvalue weighted by Crippen LogP contribution is 2.38. The molecular weight excluding hydrogens is 306 g/mol. The first-order valence-corrected chi connectivity index (χ1v) is 7.29. The number of ether oxygens (including phenoxy) is 4. The van der Waals surface area contributed by atoms with E-state index in [9.17, 15) is 4.79 Å². The number of esters is 1. The zero-order valence-electron chi connectivity index (χ0n) is 12.8. The number of aromatic nitrogens is 1. The number of carbonyl (C=O) groups excluding carboxylic acids is 1. The largest absolute Gasteiger partial charge is 0.493 e. The van der Waals surface area contributed by atoms with E-state index in [1.54, 1.807) is 18.3 Å². The molecule has 1 aromatic heterocycles. The van der Waals surface area contributed by atoms with Gasteiger partial charge in [0.15, 0.2) is 11.5 Å². The Balaban J connectivity index is 2.18. The zero-order valence-corrected chi connectivity index (χ0v) is 13.7. The van der Waals surface area contributed by atoms with Crippen molar-refractivity contribution in [2.45, 2.75) is 13.5 Å². The Morgan fingerprint density at radius 3 is 2.23 bits per heavy atom. The van der Waals surface area contributed by atoms with Gasteiger partial charge in [0.2, 0.25) is 5.75 Å². The lowest BCUT2D eigenvalue weighted by atomic mass is 10.2. The van der Waals surface area contributed by atoms with Crippen LogP contribution in [0.25, 0.3) is 0 Å². The summed E-state index contributed by atoms with van der Waals surface area (Å²) in [4.78, 5) is 17.2. The van der Waals surface area contributed by atoms with E-state index >= 15 is 0 Å². The average molecular weight is 323 g/mol. The molecule has 0 aliphatic heterocycles. The molecule has 1 heterocycles. The van der Waals surface area contributed by atoms with E-state index in [2.05, 4.69) is 4.98 Å². The standard InChI is InChI=1S/C15H17NO5S/c1-9-16-7-11(22-9)8-21-15(17)10-5-12(18-2)14(20-4)13(6-10)19-3/h5-7H,8H2,1-4H3. The Labute approximate surface area is 132 Å². The number of hydrogen-bond acceptors (Lipinski definition) is 7. The van der Waals surface area contributed by atoms with Crippen molar-refractivity contribution in [1.29, 1.82) is 0 Å². The summed E-state index contributed by atoms with van der Waals surface area (Å²) in [7, 11) is 4.49. The molecule has 0 amide bonds. The third-order valence-corrected chi connectivity index (χ3v) is 3.80. The molecule has 0 radical (unpaired) electrons. The van der Waals surface area contributed by atoms with Crippen LogP contribution in [0.4, 0.5) is 0 Å². The first kappa shape index (κ1) is 16.1. The van der Waals surface area contributed by atoms with Crippen LogP contribution in [0.2, 0.25) is 0 Å². The van der Waals surface area contributed by atoms with Crippen LogP contribution in [0.3, 0.4) is 0 Å². The molecule has 0 saturated heterocycles. The summed E-state index contributed by atoms with van der Waals surface area (Å²) in [6.45, 7) is 2.08. The minimum atomic E-state index is -0.467. The second-order valence-corrected chi connectivity index (χ2v) is 5.66. The molecule has 2 aromatic rings. The number of methoxy groups -OCH3 is 3. The third kappa shape index (κ3) is 3.48. The average Bonchev–Trinajstić information content (AvgIpc) is 2.96. The molecule has 7 heteroatoms. The molecule has 22 heavy (non-hydrogen) atoms. The summed E-state index contributed by atoms with van der Waals surface area (Å²) in [6.07, 6.45) is 1.70. The predicted molar refractivity (Wildman–Crippen MR) is 82.1 cm³/mol. The van der Waals surface area contributed by atoms with E-state index in [0.717, 1.165) is 9.88 Å². The van der Waals surface area contributed by atoms with Crippen LogP contribution in [0, 0.1) is 6.92 Å². The van der Waals surface area contributed by atoms with Crippen LogP contribution in [0.1, 0.15) is 20.2 Å². The van der Waals surface area contributed by atoms with Crippen molar-refractivity contribution in [1.82, 2.24) is 4.98 Å². The highest BCUT2D eigenvalue weighted by atomic mass is 32.1. The Hall–Kier alpha value is -2.28. The summed E-state index contributed by atoms with van der Waals surface area (Å²) >= 11 is 1.49. The van der Waals surface area contributed by atoms with Crippen LogP contribution in [-0.2, 0) is 11.3 Å². The molecule has 0 bridgehead atoms. The monoisotopic (exact) mass is 323 g/mol. The smallest absolute Gasteiger partial charge is 0.338 e. The molecule has 0 spiro atoms. The lowest BCUT2D eigenvalue weighted by Gasteiger charge is -2.13. The van der Waals surface area contributed by atoms with Gasteiger partial charge in [0.1, 0.15) is 6.61 Å². The van der Waals surface area contributed by atoms with E-state index in [1.165, 1.54) is 32.7 Å². The van der Waals surface area contributed by atoms with Crippen LogP contribution in [0.5, 0.6) is 17.2 Å². The van der Waals surface area contributed by atoms with E-state index in [0.29, 0.717) is 22.8 Å². The summed E-state index contributed by atoms with van der Waals surface area (Å²) in [6, 6.07) is 3.11. The Morgan fingerprint density at radius 2 is 1.77 bits per heavy atom. The fraction of sp³-hybridized carbons (Fsp3) is 0.333. The minimum Gasteiger partial charge on any atom is -0.493 e. The van der Waals surface area contributed by atoms with Crippen molar-refractivity contribution >= 4 is 17.3 Å². The predicted octanol–water partition coefficient (Wildman–Crippen LogP) is 2.83. The molecule has 1 aromatic carbocycles. The van der Waals surface area contributed by atoms with E-state index in [1.807, 2.05) is 6.92 Å². The lowest BCUT2D eigenvalue weighted by Crippen LogP contribution is -2.06. The fourth-order valence-electron chi connectivity index (χ4n) is 1.89. The SMILES string of the molecule is COc1cc(C(=O)OCc2cnc(C)s2)cc(OC)c1OC. The first-order valence-electron chi connectivity index (χ1n) is 6.47. The molecule has 0 saturated carbocycles. The Kier molecular flexibility index (Phi) is 5.21.